The molecular weight excluding hydrogens is 412 g/mol. The average molecular weight is 441 g/mol. The highest BCUT2D eigenvalue weighted by Gasteiger charge is 2.41. The molecule has 1 fully saturated rings. The first kappa shape index (κ1) is 20.2. The van der Waals surface area contributed by atoms with E-state index in [-0.39, 0.29) is 0 Å². The molecule has 0 amide bonds. The third-order valence-corrected chi connectivity index (χ3v) is 7.26. The van der Waals surface area contributed by atoms with Crippen LogP contribution in [0.3, 0.4) is 0 Å². The number of aryl methyl sites for hydroxylation is 1. The van der Waals surface area contributed by atoms with E-state index in [0.717, 1.165) is 41.2 Å². The third-order valence-electron chi connectivity index (χ3n) is 7.26. The lowest BCUT2D eigenvalue weighted by Gasteiger charge is -2.36. The SMILES string of the molecule is COc1ccc(-c2c(C)nn3c4c(cnc23)[C@H]2CC[C@@H](C4)N2Cc2ccccc2)cc1OC. The van der Waals surface area contributed by atoms with Crippen LogP contribution in [0.1, 0.15) is 41.4 Å². The molecule has 4 heterocycles. The molecule has 2 aromatic carbocycles. The predicted octanol–water partition coefficient (Wildman–Crippen LogP) is 4.98. The fourth-order valence-electron chi connectivity index (χ4n) is 5.71. The fourth-order valence-corrected chi connectivity index (χ4v) is 5.71. The van der Waals surface area contributed by atoms with Gasteiger partial charge in [-0.3, -0.25) is 4.90 Å². The van der Waals surface area contributed by atoms with Gasteiger partial charge in [0.05, 0.1) is 25.6 Å². The van der Waals surface area contributed by atoms with Gasteiger partial charge in [-0.2, -0.15) is 5.10 Å². The molecule has 4 aromatic rings. The molecule has 0 radical (unpaired) electrons. The van der Waals surface area contributed by atoms with E-state index < -0.39 is 0 Å². The molecule has 0 saturated carbocycles. The first-order chi connectivity index (χ1) is 16.2. The zero-order valence-corrected chi connectivity index (χ0v) is 19.3. The number of fused-ring (bicyclic) bond motifs is 6. The predicted molar refractivity (Wildman–Crippen MR) is 128 cm³/mol. The van der Waals surface area contributed by atoms with Gasteiger partial charge < -0.3 is 9.47 Å². The summed E-state index contributed by atoms with van der Waals surface area (Å²) in [6, 6.07) is 17.7. The number of hydrogen-bond acceptors (Lipinski definition) is 5. The number of ether oxygens (including phenoxy) is 2. The first-order valence-corrected chi connectivity index (χ1v) is 11.6. The summed E-state index contributed by atoms with van der Waals surface area (Å²) in [5.41, 5.74) is 7.99. The fraction of sp³-hybridized carbons (Fsp3) is 0.333. The van der Waals surface area contributed by atoms with Gasteiger partial charge >= 0.3 is 0 Å². The van der Waals surface area contributed by atoms with Crippen molar-refractivity contribution in [1.82, 2.24) is 19.5 Å². The van der Waals surface area contributed by atoms with E-state index >= 15 is 0 Å². The van der Waals surface area contributed by atoms with Gasteiger partial charge in [-0.15, -0.1) is 0 Å². The largest absolute Gasteiger partial charge is 0.493 e. The van der Waals surface area contributed by atoms with Gasteiger partial charge in [-0.05, 0) is 43.0 Å². The lowest BCUT2D eigenvalue weighted by atomic mass is 9.98. The van der Waals surface area contributed by atoms with Gasteiger partial charge in [0.15, 0.2) is 17.1 Å². The maximum atomic E-state index is 5.54. The standard InChI is InChI=1S/C27H28N4O2/c1-17-26(19-9-12-24(32-2)25(13-19)33-3)27-28-15-21-22-11-10-20(14-23(21)31(27)29-17)30(22)16-18-7-5-4-6-8-18/h4-9,12-13,15,20,22H,10-11,14,16H2,1-3H3/t20-,22+/m0/s1. The number of methoxy groups -OCH3 is 2. The van der Waals surface area contributed by atoms with Gasteiger partial charge in [-0.1, -0.05) is 36.4 Å². The first-order valence-electron chi connectivity index (χ1n) is 11.6. The smallest absolute Gasteiger partial charge is 0.163 e. The van der Waals surface area contributed by atoms with Crippen LogP contribution < -0.4 is 9.47 Å². The molecule has 0 unspecified atom stereocenters. The normalized spacial score (nSPS) is 19.6. The number of rotatable bonds is 5. The maximum absolute atomic E-state index is 5.54. The van der Waals surface area contributed by atoms with E-state index in [0.29, 0.717) is 17.8 Å². The van der Waals surface area contributed by atoms with E-state index in [1.54, 1.807) is 14.2 Å². The Kier molecular flexibility index (Phi) is 4.84. The van der Waals surface area contributed by atoms with Crippen LogP contribution in [-0.2, 0) is 13.0 Å². The summed E-state index contributed by atoms with van der Waals surface area (Å²) < 4.78 is 13.1. The van der Waals surface area contributed by atoms with Crippen molar-refractivity contribution in [1.29, 1.82) is 0 Å². The molecule has 6 heteroatoms. The van der Waals surface area contributed by atoms with Gasteiger partial charge in [0.2, 0.25) is 0 Å². The van der Waals surface area contributed by atoms with Crippen LogP contribution in [0.4, 0.5) is 0 Å². The van der Waals surface area contributed by atoms with Crippen molar-refractivity contribution < 1.29 is 9.47 Å². The summed E-state index contributed by atoms with van der Waals surface area (Å²) in [4.78, 5) is 7.61. The minimum absolute atomic E-state index is 0.407. The Morgan fingerprint density at radius 2 is 1.82 bits per heavy atom. The molecule has 2 bridgehead atoms. The highest BCUT2D eigenvalue weighted by Crippen LogP contribution is 2.45. The van der Waals surface area contributed by atoms with Crippen molar-refractivity contribution in [3.8, 4) is 22.6 Å². The van der Waals surface area contributed by atoms with Crippen molar-refractivity contribution in [2.45, 2.75) is 44.8 Å². The Morgan fingerprint density at radius 3 is 2.61 bits per heavy atom. The number of nitrogens with zero attached hydrogens (tertiary/aromatic N) is 4. The molecule has 2 aliphatic rings. The van der Waals surface area contributed by atoms with Crippen molar-refractivity contribution in [3.63, 3.8) is 0 Å². The van der Waals surface area contributed by atoms with Crippen LogP contribution in [0.5, 0.6) is 11.5 Å². The van der Waals surface area contributed by atoms with Gasteiger partial charge in [-0.25, -0.2) is 9.50 Å². The second kappa shape index (κ2) is 7.89. The Morgan fingerprint density at radius 1 is 1.00 bits per heavy atom. The Balaban J connectivity index is 1.42. The molecule has 1 saturated heterocycles. The maximum Gasteiger partial charge on any atom is 0.163 e. The summed E-state index contributed by atoms with van der Waals surface area (Å²) in [5.74, 6) is 1.43. The Bertz CT molecular complexity index is 1330. The average Bonchev–Trinajstić information content (AvgIpc) is 3.32. The van der Waals surface area contributed by atoms with Crippen LogP contribution in [0, 0.1) is 6.92 Å². The van der Waals surface area contributed by atoms with Crippen LogP contribution in [0.2, 0.25) is 0 Å². The topological polar surface area (TPSA) is 51.9 Å². The molecule has 6 nitrogen and oxygen atoms in total. The van der Waals surface area contributed by atoms with Crippen LogP contribution in [-0.4, -0.2) is 39.8 Å². The molecule has 2 aliphatic heterocycles. The minimum atomic E-state index is 0.407. The zero-order chi connectivity index (χ0) is 22.5. The summed E-state index contributed by atoms with van der Waals surface area (Å²) in [6.45, 7) is 3.05. The van der Waals surface area contributed by atoms with E-state index in [1.807, 2.05) is 12.1 Å². The molecule has 0 N–H and O–H groups in total. The molecular formula is C27H28N4O2. The van der Waals surface area contributed by atoms with Crippen LogP contribution in [0.15, 0.2) is 54.7 Å². The summed E-state index contributed by atoms with van der Waals surface area (Å²) in [5, 5.41) is 4.97. The van der Waals surface area contributed by atoms with Crippen molar-refractivity contribution in [3.05, 3.63) is 77.2 Å². The van der Waals surface area contributed by atoms with E-state index in [1.165, 1.54) is 29.7 Å². The second-order valence-electron chi connectivity index (χ2n) is 9.03. The van der Waals surface area contributed by atoms with Crippen molar-refractivity contribution >= 4 is 5.65 Å². The molecule has 33 heavy (non-hydrogen) atoms. The number of aromatic nitrogens is 3. The third kappa shape index (κ3) is 3.20. The van der Waals surface area contributed by atoms with Gasteiger partial charge in [0, 0.05) is 42.4 Å². The highest BCUT2D eigenvalue weighted by molar-refractivity contribution is 5.81. The highest BCUT2D eigenvalue weighted by atomic mass is 16.5. The van der Waals surface area contributed by atoms with Crippen LogP contribution >= 0.6 is 0 Å². The van der Waals surface area contributed by atoms with E-state index in [9.17, 15) is 0 Å². The molecule has 0 spiro atoms. The Hall–Kier alpha value is -3.38. The minimum Gasteiger partial charge on any atom is -0.493 e. The van der Waals surface area contributed by atoms with E-state index in [2.05, 4.69) is 58.9 Å². The Labute approximate surface area is 193 Å². The summed E-state index contributed by atoms with van der Waals surface area (Å²) in [6.07, 6.45) is 5.50. The molecule has 2 aromatic heterocycles. The number of hydrogen-bond donors (Lipinski definition) is 0. The van der Waals surface area contributed by atoms with Crippen molar-refractivity contribution in [2.24, 2.45) is 0 Å². The van der Waals surface area contributed by atoms with E-state index in [4.69, 9.17) is 19.6 Å². The lowest BCUT2D eigenvalue weighted by Crippen LogP contribution is -2.38. The molecule has 168 valence electrons. The molecule has 0 aliphatic carbocycles. The molecule has 2 atom stereocenters. The van der Waals surface area contributed by atoms with Gasteiger partial charge in [0.25, 0.3) is 0 Å². The van der Waals surface area contributed by atoms with Crippen LogP contribution in [0.25, 0.3) is 16.8 Å². The quantitative estimate of drug-likeness (QED) is 0.438. The monoisotopic (exact) mass is 440 g/mol. The molecule has 6 rings (SSSR count). The zero-order valence-electron chi connectivity index (χ0n) is 19.3. The van der Waals surface area contributed by atoms with Gasteiger partial charge in [0.1, 0.15) is 0 Å². The lowest BCUT2D eigenvalue weighted by molar-refractivity contribution is 0.165. The summed E-state index contributed by atoms with van der Waals surface area (Å²) in [7, 11) is 3.32. The summed E-state index contributed by atoms with van der Waals surface area (Å²) >= 11 is 0. The van der Waals surface area contributed by atoms with Crippen molar-refractivity contribution in [2.75, 3.05) is 14.2 Å². The number of benzene rings is 2. The second-order valence-corrected chi connectivity index (χ2v) is 9.03.